The fourth-order valence-corrected chi connectivity index (χ4v) is 2.61. The van der Waals surface area contributed by atoms with Gasteiger partial charge in [0.05, 0.1) is 18.7 Å². The number of hydrogen-bond donors (Lipinski definition) is 1. The highest BCUT2D eigenvalue weighted by molar-refractivity contribution is 6.30. The molecule has 1 aromatic heterocycles. The van der Waals surface area contributed by atoms with Gasteiger partial charge in [0.25, 0.3) is 0 Å². The highest BCUT2D eigenvalue weighted by Gasteiger charge is 2.24. The summed E-state index contributed by atoms with van der Waals surface area (Å²) in [5.74, 6) is -0.397. The summed E-state index contributed by atoms with van der Waals surface area (Å²) in [7, 11) is 1.68. The maximum absolute atomic E-state index is 12.3. The lowest BCUT2D eigenvalue weighted by molar-refractivity contribution is -0.115. The van der Waals surface area contributed by atoms with Gasteiger partial charge < -0.3 is 10.1 Å². The van der Waals surface area contributed by atoms with E-state index in [2.05, 4.69) is 10.4 Å². The molecule has 0 unspecified atom stereocenters. The number of aromatic nitrogens is 2. The molecule has 24 heavy (non-hydrogen) atoms. The number of esters is 1. The fraction of sp³-hybridized carbons (Fsp3) is 0.353. The van der Waals surface area contributed by atoms with Crippen LogP contribution in [-0.4, -0.2) is 28.3 Å². The van der Waals surface area contributed by atoms with E-state index < -0.39 is 5.97 Å². The summed E-state index contributed by atoms with van der Waals surface area (Å²) >= 11 is 5.93. The van der Waals surface area contributed by atoms with E-state index in [1.165, 1.54) is 4.68 Å². The second-order valence-electron chi connectivity index (χ2n) is 5.22. The maximum Gasteiger partial charge on any atom is 0.343 e. The molecule has 2 aromatic rings. The monoisotopic (exact) mass is 349 g/mol. The van der Waals surface area contributed by atoms with E-state index in [0.717, 1.165) is 5.56 Å². The molecule has 7 heteroatoms. The van der Waals surface area contributed by atoms with Gasteiger partial charge in [-0.3, -0.25) is 9.48 Å². The van der Waals surface area contributed by atoms with Crippen molar-refractivity contribution in [1.82, 2.24) is 9.78 Å². The van der Waals surface area contributed by atoms with Crippen LogP contribution in [0.1, 0.15) is 35.5 Å². The summed E-state index contributed by atoms with van der Waals surface area (Å²) in [4.78, 5) is 24.5. The quantitative estimate of drug-likeness (QED) is 0.814. The number of nitrogens with one attached hydrogen (secondary N) is 1. The molecule has 0 saturated heterocycles. The van der Waals surface area contributed by atoms with Crippen molar-refractivity contribution in [3.8, 4) is 0 Å². The van der Waals surface area contributed by atoms with Crippen LogP contribution < -0.4 is 5.32 Å². The largest absolute Gasteiger partial charge is 0.462 e. The van der Waals surface area contributed by atoms with Gasteiger partial charge in [0, 0.05) is 12.1 Å². The van der Waals surface area contributed by atoms with Crippen LogP contribution in [0.2, 0.25) is 5.02 Å². The Morgan fingerprint density at radius 3 is 2.71 bits per heavy atom. The predicted molar refractivity (Wildman–Crippen MR) is 92.3 cm³/mol. The van der Waals surface area contributed by atoms with Crippen molar-refractivity contribution in [2.24, 2.45) is 7.05 Å². The van der Waals surface area contributed by atoms with E-state index >= 15 is 0 Å². The zero-order valence-corrected chi connectivity index (χ0v) is 14.7. The van der Waals surface area contributed by atoms with Gasteiger partial charge >= 0.3 is 5.97 Å². The van der Waals surface area contributed by atoms with Gasteiger partial charge in [-0.15, -0.1) is 0 Å². The molecular weight excluding hydrogens is 330 g/mol. The molecule has 1 amide bonds. The number of carbonyl (C=O) groups excluding carboxylic acids is 2. The third-order valence-electron chi connectivity index (χ3n) is 3.45. The average molecular weight is 350 g/mol. The van der Waals surface area contributed by atoms with Crippen molar-refractivity contribution < 1.29 is 14.3 Å². The van der Waals surface area contributed by atoms with Crippen molar-refractivity contribution in [2.75, 3.05) is 11.9 Å². The predicted octanol–water partition coefficient (Wildman–Crippen LogP) is 2.99. The zero-order chi connectivity index (χ0) is 17.7. The number of halogens is 1. The minimum Gasteiger partial charge on any atom is -0.462 e. The molecule has 0 aliphatic heterocycles. The Kier molecular flexibility index (Phi) is 5.98. The summed E-state index contributed by atoms with van der Waals surface area (Å²) < 4.78 is 6.57. The molecule has 0 aliphatic carbocycles. The second kappa shape index (κ2) is 7.97. The van der Waals surface area contributed by atoms with Gasteiger partial charge in [0.1, 0.15) is 11.4 Å². The van der Waals surface area contributed by atoms with Crippen LogP contribution in [0.15, 0.2) is 24.3 Å². The molecule has 0 fully saturated rings. The van der Waals surface area contributed by atoms with E-state index in [0.29, 0.717) is 28.5 Å². The molecule has 0 atom stereocenters. The Bertz CT molecular complexity index is 756. The number of nitrogens with zero attached hydrogens (tertiary/aromatic N) is 2. The van der Waals surface area contributed by atoms with Crippen LogP contribution in [0.4, 0.5) is 5.82 Å². The van der Waals surface area contributed by atoms with E-state index in [4.69, 9.17) is 16.3 Å². The third-order valence-corrected chi connectivity index (χ3v) is 3.68. The first-order chi connectivity index (χ1) is 11.5. The smallest absolute Gasteiger partial charge is 0.343 e. The van der Waals surface area contributed by atoms with Crippen LogP contribution >= 0.6 is 11.6 Å². The third kappa shape index (κ3) is 4.14. The molecule has 1 aromatic carbocycles. The molecular formula is C17H20ClN3O3. The number of aryl methyl sites for hydroxylation is 2. The summed E-state index contributed by atoms with van der Waals surface area (Å²) in [5.41, 5.74) is 1.69. The topological polar surface area (TPSA) is 73.2 Å². The molecule has 1 heterocycles. The lowest BCUT2D eigenvalue weighted by Gasteiger charge is -2.09. The van der Waals surface area contributed by atoms with Gasteiger partial charge in [0.2, 0.25) is 5.91 Å². The number of anilines is 1. The van der Waals surface area contributed by atoms with Gasteiger partial charge in [-0.1, -0.05) is 30.7 Å². The molecule has 1 N–H and O–H groups in total. The lowest BCUT2D eigenvalue weighted by Crippen LogP contribution is -2.19. The number of carbonyl (C=O) groups is 2. The summed E-state index contributed by atoms with van der Waals surface area (Å²) in [6.45, 7) is 3.88. The number of rotatable bonds is 6. The van der Waals surface area contributed by atoms with Gasteiger partial charge in [-0.25, -0.2) is 4.79 Å². The van der Waals surface area contributed by atoms with Gasteiger partial charge in [0.15, 0.2) is 0 Å². The van der Waals surface area contributed by atoms with E-state index in [1.54, 1.807) is 32.2 Å². The molecule has 0 bridgehead atoms. The fourth-order valence-electron chi connectivity index (χ4n) is 2.40. The van der Waals surface area contributed by atoms with E-state index in [1.807, 2.05) is 13.0 Å². The molecule has 128 valence electrons. The first kappa shape index (κ1) is 18.0. The highest BCUT2D eigenvalue weighted by Crippen LogP contribution is 2.22. The molecule has 0 radical (unpaired) electrons. The minimum absolute atomic E-state index is 0.148. The Morgan fingerprint density at radius 2 is 2.08 bits per heavy atom. The standard InChI is InChI=1S/C17H20ClN3O3/c1-4-13-15(17(23)24-5-2)16(21(3)20-13)19-14(22)10-11-7-6-8-12(18)9-11/h6-9H,4-5,10H2,1-3H3,(H,19,22). The Morgan fingerprint density at radius 1 is 1.33 bits per heavy atom. The van der Waals surface area contributed by atoms with Crippen LogP contribution in [0.5, 0.6) is 0 Å². The van der Waals surface area contributed by atoms with E-state index in [9.17, 15) is 9.59 Å². The SMILES string of the molecule is CCOC(=O)c1c(CC)nn(C)c1NC(=O)Cc1cccc(Cl)c1. The first-order valence-electron chi connectivity index (χ1n) is 7.73. The van der Waals surface area contributed by atoms with Crippen molar-refractivity contribution in [3.05, 3.63) is 46.1 Å². The van der Waals surface area contributed by atoms with Crippen LogP contribution in [0.25, 0.3) is 0 Å². The molecule has 0 spiro atoms. The van der Waals surface area contributed by atoms with E-state index in [-0.39, 0.29) is 18.9 Å². The molecule has 2 rings (SSSR count). The molecule has 6 nitrogen and oxygen atoms in total. The summed E-state index contributed by atoms with van der Waals surface area (Å²) in [6.07, 6.45) is 0.710. The van der Waals surface area contributed by atoms with Crippen molar-refractivity contribution in [3.63, 3.8) is 0 Å². The van der Waals surface area contributed by atoms with Crippen molar-refractivity contribution >= 4 is 29.3 Å². The number of amides is 1. The normalized spacial score (nSPS) is 10.5. The van der Waals surface area contributed by atoms with Crippen LogP contribution in [0, 0.1) is 0 Å². The number of ether oxygens (including phenoxy) is 1. The van der Waals surface area contributed by atoms with Crippen molar-refractivity contribution in [2.45, 2.75) is 26.7 Å². The Hall–Kier alpha value is -2.34. The molecule has 0 aliphatic rings. The zero-order valence-electron chi connectivity index (χ0n) is 13.9. The Balaban J connectivity index is 2.23. The van der Waals surface area contributed by atoms with Crippen molar-refractivity contribution in [1.29, 1.82) is 0 Å². The lowest BCUT2D eigenvalue weighted by atomic mass is 10.1. The highest BCUT2D eigenvalue weighted by atomic mass is 35.5. The second-order valence-corrected chi connectivity index (χ2v) is 5.66. The first-order valence-corrected chi connectivity index (χ1v) is 8.11. The Labute approximate surface area is 145 Å². The minimum atomic E-state index is -0.486. The average Bonchev–Trinajstić information content (AvgIpc) is 2.83. The van der Waals surface area contributed by atoms with Crippen LogP contribution in [0.3, 0.4) is 0 Å². The summed E-state index contributed by atoms with van der Waals surface area (Å²) in [5, 5.41) is 7.62. The van der Waals surface area contributed by atoms with Gasteiger partial charge in [-0.2, -0.15) is 5.10 Å². The van der Waals surface area contributed by atoms with Gasteiger partial charge in [-0.05, 0) is 31.0 Å². The van der Waals surface area contributed by atoms with Crippen LogP contribution in [-0.2, 0) is 29.4 Å². The number of benzene rings is 1. The molecule has 0 saturated carbocycles. The number of hydrogen-bond acceptors (Lipinski definition) is 4. The summed E-state index contributed by atoms with van der Waals surface area (Å²) in [6, 6.07) is 7.08. The maximum atomic E-state index is 12.3.